The normalized spacial score (nSPS) is 10.8. The molecular formula is C20H25N3O2. The Balaban J connectivity index is 2.46. The Labute approximate surface area is 148 Å². The van der Waals surface area contributed by atoms with Crippen molar-refractivity contribution in [3.05, 3.63) is 47.8 Å². The Morgan fingerprint density at radius 2 is 1.92 bits per heavy atom. The Morgan fingerprint density at radius 1 is 1.16 bits per heavy atom. The Hall–Kier alpha value is -2.53. The van der Waals surface area contributed by atoms with Gasteiger partial charge < -0.3 is 10.6 Å². The van der Waals surface area contributed by atoms with Crippen LogP contribution in [0.2, 0.25) is 0 Å². The second-order valence-corrected chi connectivity index (χ2v) is 6.27. The number of carbonyl (C=O) groups is 2. The zero-order valence-corrected chi connectivity index (χ0v) is 15.2. The van der Waals surface area contributed by atoms with Crippen LogP contribution >= 0.6 is 0 Å². The molecule has 0 fully saturated rings. The number of benzene rings is 1. The molecule has 5 nitrogen and oxygen atoms in total. The number of carbonyl (C=O) groups excluding carboxylic acids is 2. The number of nitrogens with one attached hydrogen (secondary N) is 2. The number of pyridine rings is 1. The van der Waals surface area contributed by atoms with Crippen LogP contribution in [-0.2, 0) is 11.2 Å². The third kappa shape index (κ3) is 4.73. The first-order valence-electron chi connectivity index (χ1n) is 8.54. The summed E-state index contributed by atoms with van der Waals surface area (Å²) in [5.41, 5.74) is 3.86. The van der Waals surface area contributed by atoms with E-state index in [-0.39, 0.29) is 24.2 Å². The van der Waals surface area contributed by atoms with Crippen molar-refractivity contribution in [2.24, 2.45) is 5.92 Å². The molecule has 0 spiro atoms. The standard InChI is InChI=1S/C20H25N3O2/c1-5-14-7-6-8-15(9-14)16-10-17(23-18(24)12-21-4)19(22-11-16)20(25)13(2)3/h6-11,13,21H,5,12H2,1-4H3,(H,23,24). The molecule has 2 aromatic rings. The van der Waals surface area contributed by atoms with E-state index in [1.165, 1.54) is 5.56 Å². The van der Waals surface area contributed by atoms with Crippen LogP contribution < -0.4 is 10.6 Å². The van der Waals surface area contributed by atoms with Gasteiger partial charge in [-0.15, -0.1) is 0 Å². The molecule has 1 heterocycles. The van der Waals surface area contributed by atoms with Crippen LogP contribution in [0.25, 0.3) is 11.1 Å². The van der Waals surface area contributed by atoms with Gasteiger partial charge in [-0.3, -0.25) is 14.6 Å². The highest BCUT2D eigenvalue weighted by Gasteiger charge is 2.19. The van der Waals surface area contributed by atoms with Gasteiger partial charge in [-0.25, -0.2) is 0 Å². The minimum atomic E-state index is -0.207. The predicted molar refractivity (Wildman–Crippen MR) is 101 cm³/mol. The molecular weight excluding hydrogens is 314 g/mol. The maximum atomic E-state index is 12.4. The first-order chi connectivity index (χ1) is 12.0. The molecule has 0 aliphatic rings. The van der Waals surface area contributed by atoms with Crippen molar-refractivity contribution >= 4 is 17.4 Å². The Bertz CT molecular complexity index is 769. The van der Waals surface area contributed by atoms with Crippen LogP contribution in [0, 0.1) is 5.92 Å². The third-order valence-corrected chi connectivity index (χ3v) is 3.93. The summed E-state index contributed by atoms with van der Waals surface area (Å²) in [6.45, 7) is 5.92. The predicted octanol–water partition coefficient (Wildman–Crippen LogP) is 3.31. The molecule has 0 aliphatic heterocycles. The van der Waals surface area contributed by atoms with E-state index in [9.17, 15) is 9.59 Å². The van der Waals surface area contributed by atoms with Gasteiger partial charge in [0, 0.05) is 17.7 Å². The fourth-order valence-corrected chi connectivity index (χ4v) is 2.51. The summed E-state index contributed by atoms with van der Waals surface area (Å²) in [7, 11) is 1.70. The SMILES string of the molecule is CCc1cccc(-c2cnc(C(=O)C(C)C)c(NC(=O)CNC)c2)c1. The number of nitrogens with zero attached hydrogens (tertiary/aromatic N) is 1. The zero-order chi connectivity index (χ0) is 18.4. The fourth-order valence-electron chi connectivity index (χ4n) is 2.51. The lowest BCUT2D eigenvalue weighted by atomic mass is 10.00. The molecule has 0 radical (unpaired) electrons. The van der Waals surface area contributed by atoms with Crippen LogP contribution in [-0.4, -0.2) is 30.3 Å². The summed E-state index contributed by atoms with van der Waals surface area (Å²) >= 11 is 0. The first kappa shape index (κ1) is 18.8. The Morgan fingerprint density at radius 3 is 2.56 bits per heavy atom. The van der Waals surface area contributed by atoms with E-state index in [1.807, 2.05) is 32.0 Å². The molecule has 1 amide bonds. The quantitative estimate of drug-likeness (QED) is 0.759. The number of ketones is 1. The van der Waals surface area contributed by atoms with Crippen LogP contribution in [0.15, 0.2) is 36.5 Å². The summed E-state index contributed by atoms with van der Waals surface area (Å²) in [4.78, 5) is 28.8. The molecule has 1 aromatic carbocycles. The molecule has 0 unspecified atom stereocenters. The minimum absolute atomic E-state index is 0.0892. The van der Waals surface area contributed by atoms with Crippen LogP contribution in [0.1, 0.15) is 36.8 Å². The van der Waals surface area contributed by atoms with Gasteiger partial charge in [-0.05, 0) is 30.7 Å². The molecule has 25 heavy (non-hydrogen) atoms. The average molecular weight is 339 g/mol. The van der Waals surface area contributed by atoms with E-state index in [1.54, 1.807) is 13.2 Å². The van der Waals surface area contributed by atoms with E-state index in [2.05, 4.69) is 34.7 Å². The zero-order valence-electron chi connectivity index (χ0n) is 15.2. The monoisotopic (exact) mass is 339 g/mol. The summed E-state index contributed by atoms with van der Waals surface area (Å²) in [5.74, 6) is -0.489. The summed E-state index contributed by atoms with van der Waals surface area (Å²) < 4.78 is 0. The second kappa shape index (κ2) is 8.53. The van der Waals surface area contributed by atoms with Gasteiger partial charge in [-0.1, -0.05) is 45.0 Å². The number of aryl methyl sites for hydroxylation is 1. The van der Waals surface area contributed by atoms with Crippen molar-refractivity contribution in [3.63, 3.8) is 0 Å². The van der Waals surface area contributed by atoms with Gasteiger partial charge in [-0.2, -0.15) is 0 Å². The van der Waals surface area contributed by atoms with E-state index < -0.39 is 0 Å². The largest absolute Gasteiger partial charge is 0.323 e. The topological polar surface area (TPSA) is 71.1 Å². The number of amides is 1. The van der Waals surface area contributed by atoms with Gasteiger partial charge in [0.05, 0.1) is 12.2 Å². The lowest BCUT2D eigenvalue weighted by molar-refractivity contribution is -0.115. The molecule has 2 N–H and O–H groups in total. The van der Waals surface area contributed by atoms with Gasteiger partial charge in [0.25, 0.3) is 0 Å². The average Bonchev–Trinajstić information content (AvgIpc) is 2.61. The molecule has 0 aliphatic carbocycles. The number of Topliss-reactive ketones (excluding diaryl/α,β-unsaturated/α-hetero) is 1. The number of aromatic nitrogens is 1. The number of hydrogen-bond donors (Lipinski definition) is 2. The van der Waals surface area contributed by atoms with Crippen molar-refractivity contribution in [2.45, 2.75) is 27.2 Å². The second-order valence-electron chi connectivity index (χ2n) is 6.27. The van der Waals surface area contributed by atoms with Crippen molar-refractivity contribution in [1.82, 2.24) is 10.3 Å². The molecule has 0 bridgehead atoms. The van der Waals surface area contributed by atoms with Crippen molar-refractivity contribution in [2.75, 3.05) is 18.9 Å². The molecule has 0 saturated heterocycles. The number of hydrogen-bond acceptors (Lipinski definition) is 4. The molecule has 2 rings (SSSR count). The van der Waals surface area contributed by atoms with Crippen molar-refractivity contribution in [1.29, 1.82) is 0 Å². The smallest absolute Gasteiger partial charge is 0.238 e. The Kier molecular flexibility index (Phi) is 6.42. The lowest BCUT2D eigenvalue weighted by Gasteiger charge is -2.13. The third-order valence-electron chi connectivity index (χ3n) is 3.93. The van der Waals surface area contributed by atoms with Gasteiger partial charge in [0.1, 0.15) is 5.69 Å². The van der Waals surface area contributed by atoms with E-state index in [0.717, 1.165) is 17.5 Å². The van der Waals surface area contributed by atoms with Gasteiger partial charge in [0.2, 0.25) is 5.91 Å². The highest BCUT2D eigenvalue weighted by molar-refractivity contribution is 6.05. The summed E-state index contributed by atoms with van der Waals surface area (Å²) in [5, 5.41) is 5.60. The van der Waals surface area contributed by atoms with Crippen LogP contribution in [0.5, 0.6) is 0 Å². The summed E-state index contributed by atoms with van der Waals surface area (Å²) in [6.07, 6.45) is 2.63. The molecule has 5 heteroatoms. The van der Waals surface area contributed by atoms with Crippen LogP contribution in [0.4, 0.5) is 5.69 Å². The number of rotatable bonds is 7. The molecule has 0 atom stereocenters. The van der Waals surface area contributed by atoms with Crippen molar-refractivity contribution in [3.8, 4) is 11.1 Å². The minimum Gasteiger partial charge on any atom is -0.323 e. The van der Waals surface area contributed by atoms with Crippen molar-refractivity contribution < 1.29 is 9.59 Å². The number of anilines is 1. The molecule has 1 aromatic heterocycles. The maximum absolute atomic E-state index is 12.4. The van der Waals surface area contributed by atoms with Gasteiger partial charge >= 0.3 is 0 Å². The molecule has 0 saturated carbocycles. The first-order valence-corrected chi connectivity index (χ1v) is 8.54. The highest BCUT2D eigenvalue weighted by Crippen LogP contribution is 2.26. The fraction of sp³-hybridized carbons (Fsp3) is 0.350. The maximum Gasteiger partial charge on any atom is 0.238 e. The molecule has 132 valence electrons. The highest BCUT2D eigenvalue weighted by atomic mass is 16.2. The van der Waals surface area contributed by atoms with Crippen LogP contribution in [0.3, 0.4) is 0 Å². The van der Waals surface area contributed by atoms with E-state index in [0.29, 0.717) is 11.4 Å². The number of likely N-dealkylation sites (N-methyl/N-ethyl adjacent to an activating group) is 1. The van der Waals surface area contributed by atoms with E-state index >= 15 is 0 Å². The summed E-state index contributed by atoms with van der Waals surface area (Å²) in [6, 6.07) is 9.99. The van der Waals surface area contributed by atoms with E-state index in [4.69, 9.17) is 0 Å². The lowest BCUT2D eigenvalue weighted by Crippen LogP contribution is -2.26. The van der Waals surface area contributed by atoms with Gasteiger partial charge in [0.15, 0.2) is 5.78 Å².